The topological polar surface area (TPSA) is 93.8 Å². The van der Waals surface area contributed by atoms with Crippen molar-refractivity contribution >= 4 is 11.8 Å². The van der Waals surface area contributed by atoms with Gasteiger partial charge in [0.15, 0.2) is 5.78 Å². The Balaban J connectivity index is 3.10. The molecule has 1 aromatic rings. The van der Waals surface area contributed by atoms with Gasteiger partial charge in [0.2, 0.25) is 0 Å². The molecule has 0 aliphatic rings. The first-order valence-electron chi connectivity index (χ1n) is 4.39. The smallest absolute Gasteiger partial charge is 0.350 e. The van der Waals surface area contributed by atoms with Gasteiger partial charge in [-0.3, -0.25) is 9.59 Å². The molecule has 6 heteroatoms. The van der Waals surface area contributed by atoms with E-state index in [2.05, 4.69) is 9.15 Å². The van der Waals surface area contributed by atoms with Gasteiger partial charge in [0.05, 0.1) is 7.11 Å². The number of Topliss-reactive ketones (excluding diaryl/α,β-unsaturated/α-hetero) is 1. The minimum atomic E-state index is -0.966. The number of hydrogen-bond acceptors (Lipinski definition) is 6. The number of aryl methyl sites for hydroxylation is 1. The first kappa shape index (κ1) is 12.0. The molecular formula is C10H10O6. The molecule has 0 saturated heterocycles. The number of carbonyl (C=O) groups excluding carboxylic acids is 2. The average Bonchev–Trinajstić information content (AvgIpc) is 2.15. The van der Waals surface area contributed by atoms with Crippen LogP contribution in [0.15, 0.2) is 15.3 Å². The van der Waals surface area contributed by atoms with Gasteiger partial charge in [-0.05, 0) is 6.92 Å². The molecule has 0 fully saturated rings. The molecule has 0 atom stereocenters. The molecule has 1 rings (SSSR count). The normalized spacial score (nSPS) is 9.88. The molecule has 0 spiro atoms. The maximum atomic E-state index is 11.4. The van der Waals surface area contributed by atoms with Gasteiger partial charge in [0.25, 0.3) is 0 Å². The van der Waals surface area contributed by atoms with Crippen molar-refractivity contribution in [3.05, 3.63) is 27.8 Å². The highest BCUT2D eigenvalue weighted by molar-refractivity contribution is 6.07. The third-order valence-electron chi connectivity index (χ3n) is 1.87. The van der Waals surface area contributed by atoms with Gasteiger partial charge in [-0.25, -0.2) is 4.79 Å². The number of ether oxygens (including phenoxy) is 1. The summed E-state index contributed by atoms with van der Waals surface area (Å²) < 4.78 is 8.91. The summed E-state index contributed by atoms with van der Waals surface area (Å²) in [6.07, 6.45) is -0.613. The van der Waals surface area contributed by atoms with E-state index >= 15 is 0 Å². The van der Waals surface area contributed by atoms with Crippen molar-refractivity contribution < 1.29 is 23.8 Å². The molecule has 86 valence electrons. The molecule has 1 N–H and O–H groups in total. The van der Waals surface area contributed by atoms with Crippen LogP contribution in [0.2, 0.25) is 0 Å². The van der Waals surface area contributed by atoms with Crippen LogP contribution >= 0.6 is 0 Å². The van der Waals surface area contributed by atoms with E-state index in [0.29, 0.717) is 0 Å². The molecule has 0 radical (unpaired) electrons. The quantitative estimate of drug-likeness (QED) is 0.455. The van der Waals surface area contributed by atoms with Gasteiger partial charge >= 0.3 is 11.6 Å². The lowest BCUT2D eigenvalue weighted by molar-refractivity contribution is -0.139. The number of hydrogen-bond donors (Lipinski definition) is 1. The molecule has 0 unspecified atom stereocenters. The number of aromatic hydroxyl groups is 1. The Kier molecular flexibility index (Phi) is 3.44. The molecule has 6 nitrogen and oxygen atoms in total. The summed E-state index contributed by atoms with van der Waals surface area (Å²) in [5, 5.41) is 9.40. The second-order valence-corrected chi connectivity index (χ2v) is 3.08. The molecule has 16 heavy (non-hydrogen) atoms. The van der Waals surface area contributed by atoms with Crippen molar-refractivity contribution in [3.8, 4) is 5.75 Å². The van der Waals surface area contributed by atoms with E-state index in [-0.39, 0.29) is 5.76 Å². The Bertz CT molecular complexity index is 485. The minimum absolute atomic E-state index is 0.178. The van der Waals surface area contributed by atoms with Crippen LogP contribution in [0.1, 0.15) is 22.5 Å². The average molecular weight is 226 g/mol. The van der Waals surface area contributed by atoms with Gasteiger partial charge < -0.3 is 14.3 Å². The number of methoxy groups -OCH3 is 1. The molecule has 0 aliphatic heterocycles. The van der Waals surface area contributed by atoms with Crippen molar-refractivity contribution in [1.29, 1.82) is 0 Å². The summed E-state index contributed by atoms with van der Waals surface area (Å²) >= 11 is 0. The molecule has 0 amide bonds. The molecule has 0 aliphatic carbocycles. The van der Waals surface area contributed by atoms with Crippen molar-refractivity contribution in [2.24, 2.45) is 0 Å². The van der Waals surface area contributed by atoms with E-state index in [4.69, 9.17) is 0 Å². The first-order valence-corrected chi connectivity index (χ1v) is 4.39. The lowest BCUT2D eigenvalue weighted by Crippen LogP contribution is -2.18. The summed E-state index contributed by atoms with van der Waals surface area (Å²) in [4.78, 5) is 33.5. The highest BCUT2D eigenvalue weighted by Crippen LogP contribution is 2.16. The van der Waals surface area contributed by atoms with Gasteiger partial charge in [0, 0.05) is 6.07 Å². The third-order valence-corrected chi connectivity index (χ3v) is 1.87. The monoisotopic (exact) mass is 226 g/mol. The fraction of sp³-hybridized carbons (Fsp3) is 0.300. The van der Waals surface area contributed by atoms with Crippen LogP contribution in [0.25, 0.3) is 0 Å². The van der Waals surface area contributed by atoms with Gasteiger partial charge in [-0.1, -0.05) is 0 Å². The van der Waals surface area contributed by atoms with Crippen LogP contribution < -0.4 is 5.63 Å². The molecule has 1 heterocycles. The van der Waals surface area contributed by atoms with Crippen LogP contribution in [0.5, 0.6) is 5.75 Å². The van der Waals surface area contributed by atoms with Crippen LogP contribution in [0.4, 0.5) is 0 Å². The molecule has 0 saturated carbocycles. The van der Waals surface area contributed by atoms with E-state index in [1.165, 1.54) is 6.92 Å². The zero-order valence-corrected chi connectivity index (χ0v) is 8.77. The fourth-order valence-electron chi connectivity index (χ4n) is 1.14. The molecular weight excluding hydrogens is 216 g/mol. The van der Waals surface area contributed by atoms with Crippen LogP contribution in [-0.2, 0) is 9.53 Å². The lowest BCUT2D eigenvalue weighted by Gasteiger charge is -2.02. The van der Waals surface area contributed by atoms with Crippen LogP contribution in [-0.4, -0.2) is 24.0 Å². The summed E-state index contributed by atoms with van der Waals surface area (Å²) in [7, 11) is 1.12. The van der Waals surface area contributed by atoms with E-state index in [0.717, 1.165) is 13.2 Å². The fourth-order valence-corrected chi connectivity index (χ4v) is 1.14. The van der Waals surface area contributed by atoms with Crippen molar-refractivity contribution in [1.82, 2.24) is 0 Å². The van der Waals surface area contributed by atoms with E-state index in [9.17, 15) is 19.5 Å². The zero-order valence-electron chi connectivity index (χ0n) is 8.77. The zero-order chi connectivity index (χ0) is 12.3. The summed E-state index contributed by atoms with van der Waals surface area (Å²) in [6, 6.07) is 1.13. The highest BCUT2D eigenvalue weighted by atomic mass is 16.5. The Morgan fingerprint density at radius 3 is 2.62 bits per heavy atom. The minimum Gasteiger partial charge on any atom is -0.507 e. The van der Waals surface area contributed by atoms with Gasteiger partial charge in [-0.2, -0.15) is 0 Å². The number of esters is 1. The van der Waals surface area contributed by atoms with Crippen molar-refractivity contribution in [3.63, 3.8) is 0 Å². The molecule has 1 aromatic heterocycles. The number of carbonyl (C=O) groups is 2. The predicted molar refractivity (Wildman–Crippen MR) is 52.3 cm³/mol. The Morgan fingerprint density at radius 1 is 1.50 bits per heavy atom. The maximum Gasteiger partial charge on any atom is 0.350 e. The SMILES string of the molecule is COC(=O)CC(=O)c1c(O)cc(C)oc1=O. The lowest BCUT2D eigenvalue weighted by atomic mass is 10.1. The standard InChI is InChI=1S/C10H10O6/c1-5-3-6(11)9(10(14)16-5)7(12)4-8(13)15-2/h3,11H,4H2,1-2H3. The van der Waals surface area contributed by atoms with Crippen LogP contribution in [0.3, 0.4) is 0 Å². The maximum absolute atomic E-state index is 11.4. The predicted octanol–water partition coefficient (Wildman–Crippen LogP) is 0.400. The summed E-state index contributed by atoms with van der Waals surface area (Å²) in [6.45, 7) is 1.45. The number of rotatable bonds is 3. The molecule has 0 bridgehead atoms. The van der Waals surface area contributed by atoms with Crippen molar-refractivity contribution in [2.75, 3.05) is 7.11 Å². The van der Waals surface area contributed by atoms with E-state index < -0.39 is 35.1 Å². The highest BCUT2D eigenvalue weighted by Gasteiger charge is 2.21. The van der Waals surface area contributed by atoms with Crippen LogP contribution in [0, 0.1) is 6.92 Å². The summed E-state index contributed by atoms with van der Waals surface area (Å²) in [5.41, 5.74) is -1.50. The Morgan fingerprint density at radius 2 is 2.12 bits per heavy atom. The first-order chi connectivity index (χ1) is 7.45. The van der Waals surface area contributed by atoms with Gasteiger partial charge in [0.1, 0.15) is 23.5 Å². The van der Waals surface area contributed by atoms with E-state index in [1.54, 1.807) is 0 Å². The Labute approximate surface area is 90.5 Å². The largest absolute Gasteiger partial charge is 0.507 e. The third kappa shape index (κ3) is 2.47. The number of ketones is 1. The van der Waals surface area contributed by atoms with Gasteiger partial charge in [-0.15, -0.1) is 0 Å². The van der Waals surface area contributed by atoms with E-state index in [1.807, 2.05) is 0 Å². The second kappa shape index (κ2) is 4.61. The summed E-state index contributed by atoms with van der Waals surface area (Å²) in [5.74, 6) is -1.94. The van der Waals surface area contributed by atoms with Crippen molar-refractivity contribution in [2.45, 2.75) is 13.3 Å². The molecule has 0 aromatic carbocycles. The Hall–Kier alpha value is -2.11. The second-order valence-electron chi connectivity index (χ2n) is 3.08.